The van der Waals surface area contributed by atoms with Crippen molar-refractivity contribution in [3.63, 3.8) is 0 Å². The van der Waals surface area contributed by atoms with Crippen LogP contribution in [0, 0.1) is 0 Å². The number of nitrogens with one attached hydrogen (secondary N) is 1. The lowest BCUT2D eigenvalue weighted by Crippen LogP contribution is -2.43. The van der Waals surface area contributed by atoms with E-state index in [1.54, 1.807) is 18.2 Å². The van der Waals surface area contributed by atoms with Crippen molar-refractivity contribution in [1.82, 2.24) is 5.32 Å². The quantitative estimate of drug-likeness (QED) is 0.712. The van der Waals surface area contributed by atoms with Gasteiger partial charge in [0, 0.05) is 0 Å². The van der Waals surface area contributed by atoms with Gasteiger partial charge in [-0.2, -0.15) is 0 Å². The molecule has 1 rings (SSSR count). The van der Waals surface area contributed by atoms with Crippen LogP contribution in [0.25, 0.3) is 0 Å². The molecule has 0 bridgehead atoms. The van der Waals surface area contributed by atoms with Gasteiger partial charge in [-0.3, -0.25) is 4.79 Å². The zero-order chi connectivity index (χ0) is 13.5. The van der Waals surface area contributed by atoms with Crippen molar-refractivity contribution in [2.45, 2.75) is 12.5 Å². The van der Waals surface area contributed by atoms with Crippen molar-refractivity contribution in [3.05, 3.63) is 30.3 Å². The Morgan fingerprint density at radius 1 is 1.17 bits per heavy atom. The molecule has 1 aromatic carbocycles. The molecule has 1 aromatic rings. The molecular weight excluding hydrogens is 242 g/mol. The molecule has 3 N–H and O–H groups in total. The third-order valence-corrected chi connectivity index (χ3v) is 1.92. The van der Waals surface area contributed by atoms with Crippen LogP contribution in [0.2, 0.25) is 0 Å². The summed E-state index contributed by atoms with van der Waals surface area (Å²) in [6.07, 6.45) is -1.74. The maximum atomic E-state index is 11.3. The van der Waals surface area contributed by atoms with E-state index in [1.165, 1.54) is 12.1 Å². The maximum Gasteiger partial charge on any atom is 0.413 e. The minimum atomic E-state index is -1.53. The van der Waals surface area contributed by atoms with Crippen LogP contribution in [-0.4, -0.2) is 34.3 Å². The molecule has 96 valence electrons. The summed E-state index contributed by atoms with van der Waals surface area (Å²) in [5.74, 6) is -2.54. The van der Waals surface area contributed by atoms with Crippen molar-refractivity contribution in [2.75, 3.05) is 0 Å². The second-order valence-corrected chi connectivity index (χ2v) is 3.34. The van der Waals surface area contributed by atoms with Gasteiger partial charge >= 0.3 is 18.0 Å². The summed E-state index contributed by atoms with van der Waals surface area (Å²) in [5.41, 5.74) is 0. The minimum Gasteiger partial charge on any atom is -0.481 e. The van der Waals surface area contributed by atoms with E-state index in [0.717, 1.165) is 0 Å². The van der Waals surface area contributed by atoms with Crippen molar-refractivity contribution in [2.24, 2.45) is 0 Å². The number of rotatable bonds is 5. The number of carboxylic acids is 2. The van der Waals surface area contributed by atoms with E-state index in [0.29, 0.717) is 0 Å². The molecule has 0 heterocycles. The SMILES string of the molecule is O=C(O)C[C@@H](NC(=O)Oc1ccccc1)C(=O)O. The highest BCUT2D eigenvalue weighted by molar-refractivity contribution is 5.85. The Kier molecular flexibility index (Phi) is 4.67. The average Bonchev–Trinajstić information content (AvgIpc) is 2.28. The van der Waals surface area contributed by atoms with E-state index in [-0.39, 0.29) is 5.75 Å². The highest BCUT2D eigenvalue weighted by Gasteiger charge is 2.23. The van der Waals surface area contributed by atoms with Gasteiger partial charge < -0.3 is 20.3 Å². The lowest BCUT2D eigenvalue weighted by Gasteiger charge is -2.12. The van der Waals surface area contributed by atoms with Gasteiger partial charge in [0.25, 0.3) is 0 Å². The van der Waals surface area contributed by atoms with Crippen LogP contribution in [-0.2, 0) is 9.59 Å². The smallest absolute Gasteiger partial charge is 0.413 e. The minimum absolute atomic E-state index is 0.231. The molecule has 7 heteroatoms. The van der Waals surface area contributed by atoms with Crippen LogP contribution in [0.4, 0.5) is 4.79 Å². The van der Waals surface area contributed by atoms with E-state index in [9.17, 15) is 14.4 Å². The van der Waals surface area contributed by atoms with Crippen molar-refractivity contribution in [1.29, 1.82) is 0 Å². The summed E-state index contributed by atoms with van der Waals surface area (Å²) in [5, 5.41) is 19.1. The first-order valence-electron chi connectivity index (χ1n) is 4.97. The van der Waals surface area contributed by atoms with E-state index < -0.39 is 30.5 Å². The molecule has 0 spiro atoms. The van der Waals surface area contributed by atoms with Gasteiger partial charge in [0.05, 0.1) is 6.42 Å². The Morgan fingerprint density at radius 3 is 2.28 bits per heavy atom. The lowest BCUT2D eigenvalue weighted by molar-refractivity contribution is -0.145. The molecule has 0 aromatic heterocycles. The number of para-hydroxylation sites is 1. The van der Waals surface area contributed by atoms with Crippen LogP contribution in [0.3, 0.4) is 0 Å². The summed E-state index contributed by atoms with van der Waals surface area (Å²) >= 11 is 0. The number of aliphatic carboxylic acids is 2. The fourth-order valence-corrected chi connectivity index (χ4v) is 1.14. The Morgan fingerprint density at radius 2 is 1.78 bits per heavy atom. The van der Waals surface area contributed by atoms with E-state index in [4.69, 9.17) is 14.9 Å². The van der Waals surface area contributed by atoms with Crippen LogP contribution in [0.15, 0.2) is 30.3 Å². The van der Waals surface area contributed by atoms with Crippen LogP contribution >= 0.6 is 0 Å². The first-order valence-corrected chi connectivity index (χ1v) is 4.97. The molecule has 0 fully saturated rings. The largest absolute Gasteiger partial charge is 0.481 e. The zero-order valence-electron chi connectivity index (χ0n) is 9.20. The number of hydrogen-bond acceptors (Lipinski definition) is 4. The molecule has 0 saturated heterocycles. The van der Waals surface area contributed by atoms with Gasteiger partial charge in [-0.25, -0.2) is 9.59 Å². The average molecular weight is 253 g/mol. The van der Waals surface area contributed by atoms with Gasteiger partial charge in [-0.15, -0.1) is 0 Å². The Hall–Kier alpha value is -2.57. The van der Waals surface area contributed by atoms with Crippen molar-refractivity contribution in [3.8, 4) is 5.75 Å². The molecule has 0 radical (unpaired) electrons. The van der Waals surface area contributed by atoms with Crippen LogP contribution < -0.4 is 10.1 Å². The summed E-state index contributed by atoms with van der Waals surface area (Å²) in [6.45, 7) is 0. The van der Waals surface area contributed by atoms with Gasteiger partial charge in [0.2, 0.25) is 0 Å². The second-order valence-electron chi connectivity index (χ2n) is 3.34. The second kappa shape index (κ2) is 6.24. The van der Waals surface area contributed by atoms with Crippen molar-refractivity contribution < 1.29 is 29.3 Å². The molecule has 0 saturated carbocycles. The maximum absolute atomic E-state index is 11.3. The number of carboxylic acid groups (broad SMARTS) is 2. The van der Waals surface area contributed by atoms with E-state index >= 15 is 0 Å². The number of carbonyl (C=O) groups excluding carboxylic acids is 1. The summed E-state index contributed by atoms with van der Waals surface area (Å²) in [7, 11) is 0. The number of carbonyl (C=O) groups is 3. The monoisotopic (exact) mass is 253 g/mol. The highest BCUT2D eigenvalue weighted by atomic mass is 16.6. The van der Waals surface area contributed by atoms with E-state index in [2.05, 4.69) is 0 Å². The zero-order valence-corrected chi connectivity index (χ0v) is 9.20. The van der Waals surface area contributed by atoms with Crippen LogP contribution in [0.5, 0.6) is 5.75 Å². The fraction of sp³-hybridized carbons (Fsp3) is 0.182. The number of amides is 1. The summed E-state index contributed by atoms with van der Waals surface area (Å²) in [4.78, 5) is 32.4. The third kappa shape index (κ3) is 4.52. The standard InChI is InChI=1S/C11H11NO6/c13-9(14)6-8(10(15)16)12-11(17)18-7-4-2-1-3-5-7/h1-5,8H,6H2,(H,12,17)(H,13,14)(H,15,16)/t8-/m1/s1. The van der Waals surface area contributed by atoms with Gasteiger partial charge in [0.1, 0.15) is 11.8 Å². The molecule has 1 atom stereocenters. The lowest BCUT2D eigenvalue weighted by atomic mass is 10.2. The fourth-order valence-electron chi connectivity index (χ4n) is 1.14. The van der Waals surface area contributed by atoms with Gasteiger partial charge in [0.15, 0.2) is 0 Å². The number of hydrogen-bond donors (Lipinski definition) is 3. The number of benzene rings is 1. The van der Waals surface area contributed by atoms with Crippen LogP contribution in [0.1, 0.15) is 6.42 Å². The normalized spacial score (nSPS) is 11.3. The topological polar surface area (TPSA) is 113 Å². The molecule has 1 amide bonds. The highest BCUT2D eigenvalue weighted by Crippen LogP contribution is 2.08. The molecule has 0 aliphatic heterocycles. The molecule has 0 unspecified atom stereocenters. The molecule has 0 aliphatic rings. The summed E-state index contributed by atoms with van der Waals surface area (Å²) in [6, 6.07) is 6.47. The number of ether oxygens (including phenoxy) is 1. The molecule has 7 nitrogen and oxygen atoms in total. The van der Waals surface area contributed by atoms with Gasteiger partial charge in [-0.1, -0.05) is 18.2 Å². The molecular formula is C11H11NO6. The Labute approximate surface area is 102 Å². The molecule has 0 aliphatic carbocycles. The third-order valence-electron chi connectivity index (χ3n) is 1.92. The Bertz CT molecular complexity index is 444. The summed E-state index contributed by atoms with van der Waals surface area (Å²) < 4.78 is 4.77. The Balaban J connectivity index is 2.56. The van der Waals surface area contributed by atoms with E-state index in [1.807, 2.05) is 5.32 Å². The predicted octanol–water partition coefficient (Wildman–Crippen LogP) is 0.703. The molecule has 18 heavy (non-hydrogen) atoms. The first kappa shape index (κ1) is 13.5. The van der Waals surface area contributed by atoms with Crippen molar-refractivity contribution >= 4 is 18.0 Å². The van der Waals surface area contributed by atoms with Gasteiger partial charge in [-0.05, 0) is 12.1 Å². The first-order chi connectivity index (χ1) is 8.49. The predicted molar refractivity (Wildman–Crippen MR) is 59.3 cm³/mol.